The first-order chi connectivity index (χ1) is 8.97. The van der Waals surface area contributed by atoms with Crippen LogP contribution >= 0.6 is 23.2 Å². The van der Waals surface area contributed by atoms with Crippen LogP contribution in [0.15, 0.2) is 17.2 Å². The Labute approximate surface area is 119 Å². The Balaban J connectivity index is 2.34. The number of esters is 1. The first-order valence-electron chi connectivity index (χ1n) is 5.50. The van der Waals surface area contributed by atoms with E-state index in [9.17, 15) is 9.59 Å². The van der Waals surface area contributed by atoms with Crippen molar-refractivity contribution in [2.75, 3.05) is 0 Å². The molecule has 5 nitrogen and oxygen atoms in total. The molecule has 0 fully saturated rings. The second kappa shape index (κ2) is 5.59. The van der Waals surface area contributed by atoms with Crippen molar-refractivity contribution in [1.29, 1.82) is 0 Å². The van der Waals surface area contributed by atoms with Crippen LogP contribution < -0.4 is 10.2 Å². The number of nitrogens with one attached hydrogen (secondary N) is 1. The molecule has 1 aromatic carbocycles. The molecule has 0 unspecified atom stereocenters. The normalized spacial score (nSPS) is 14.7. The zero-order valence-electron chi connectivity index (χ0n) is 10.00. The first kappa shape index (κ1) is 13.8. The average molecular weight is 301 g/mol. The van der Waals surface area contributed by atoms with E-state index in [-0.39, 0.29) is 21.7 Å². The van der Waals surface area contributed by atoms with Gasteiger partial charge in [0.05, 0.1) is 15.8 Å². The Morgan fingerprint density at radius 3 is 2.42 bits per heavy atom. The van der Waals surface area contributed by atoms with Crippen molar-refractivity contribution in [3.05, 3.63) is 27.7 Å². The Bertz CT molecular complexity index is 561. The van der Waals surface area contributed by atoms with Crippen LogP contribution in [0.4, 0.5) is 0 Å². The number of ether oxygens (including phenoxy) is 1. The lowest BCUT2D eigenvalue weighted by Gasteiger charge is -2.14. The van der Waals surface area contributed by atoms with Gasteiger partial charge in [0, 0.05) is 25.3 Å². The molecule has 0 aliphatic carbocycles. The lowest BCUT2D eigenvalue weighted by molar-refractivity contribution is -0.131. The van der Waals surface area contributed by atoms with E-state index in [4.69, 9.17) is 27.9 Å². The smallest absolute Gasteiger partial charge is 0.308 e. The lowest BCUT2D eigenvalue weighted by Crippen LogP contribution is -2.25. The van der Waals surface area contributed by atoms with Crippen LogP contribution in [-0.4, -0.2) is 17.6 Å². The van der Waals surface area contributed by atoms with Crippen LogP contribution in [0.3, 0.4) is 0 Å². The van der Waals surface area contributed by atoms with E-state index in [1.165, 1.54) is 6.92 Å². The molecule has 0 saturated heterocycles. The van der Waals surface area contributed by atoms with Crippen LogP contribution in [0.25, 0.3) is 0 Å². The Morgan fingerprint density at radius 2 is 1.95 bits per heavy atom. The van der Waals surface area contributed by atoms with Crippen molar-refractivity contribution in [2.45, 2.75) is 19.8 Å². The minimum absolute atomic E-state index is 0.125. The largest absolute Gasteiger partial charge is 0.424 e. The molecule has 1 N–H and O–H groups in total. The minimum atomic E-state index is -0.501. The van der Waals surface area contributed by atoms with Gasteiger partial charge in [0.2, 0.25) is 5.91 Å². The zero-order valence-corrected chi connectivity index (χ0v) is 11.5. The van der Waals surface area contributed by atoms with Gasteiger partial charge in [-0.15, -0.1) is 0 Å². The van der Waals surface area contributed by atoms with Gasteiger partial charge in [0.15, 0.2) is 5.75 Å². The van der Waals surface area contributed by atoms with E-state index in [0.29, 0.717) is 24.1 Å². The number of carbonyl (C=O) groups excluding carboxylic acids is 2. The molecular weight excluding hydrogens is 291 g/mol. The van der Waals surface area contributed by atoms with E-state index in [1.54, 1.807) is 12.1 Å². The van der Waals surface area contributed by atoms with Crippen molar-refractivity contribution in [3.63, 3.8) is 0 Å². The van der Waals surface area contributed by atoms with E-state index in [2.05, 4.69) is 10.5 Å². The maximum absolute atomic E-state index is 11.0. The van der Waals surface area contributed by atoms with E-state index in [0.717, 1.165) is 0 Å². The van der Waals surface area contributed by atoms with Gasteiger partial charge in [-0.1, -0.05) is 23.2 Å². The van der Waals surface area contributed by atoms with Crippen molar-refractivity contribution in [3.8, 4) is 5.75 Å². The number of halogens is 2. The quantitative estimate of drug-likeness (QED) is 0.674. The molecule has 1 heterocycles. The van der Waals surface area contributed by atoms with Crippen LogP contribution in [0.2, 0.25) is 10.0 Å². The summed E-state index contributed by atoms with van der Waals surface area (Å²) in [5, 5.41) is 4.39. The molecule has 1 aromatic rings. The average Bonchev–Trinajstić information content (AvgIpc) is 2.34. The Kier molecular flexibility index (Phi) is 4.07. The van der Waals surface area contributed by atoms with E-state index in [1.807, 2.05) is 0 Å². The van der Waals surface area contributed by atoms with Crippen LogP contribution in [0.1, 0.15) is 25.3 Å². The minimum Gasteiger partial charge on any atom is -0.424 e. The third-order valence-corrected chi connectivity index (χ3v) is 3.04. The monoisotopic (exact) mass is 300 g/mol. The summed E-state index contributed by atoms with van der Waals surface area (Å²) >= 11 is 12.0. The van der Waals surface area contributed by atoms with Gasteiger partial charge in [-0.2, -0.15) is 5.10 Å². The van der Waals surface area contributed by atoms with Gasteiger partial charge < -0.3 is 4.74 Å². The SMILES string of the molecule is CC(=O)Oc1c(Cl)cc(C2=NNC(=O)CC2)cc1Cl. The first-order valence-corrected chi connectivity index (χ1v) is 6.26. The van der Waals surface area contributed by atoms with Gasteiger partial charge in [-0.25, -0.2) is 5.43 Å². The number of hydrogen-bond acceptors (Lipinski definition) is 4. The molecule has 1 aliphatic heterocycles. The molecule has 0 bridgehead atoms. The van der Waals surface area contributed by atoms with Crippen molar-refractivity contribution in [2.24, 2.45) is 5.10 Å². The molecule has 2 rings (SSSR count). The third kappa shape index (κ3) is 3.24. The highest BCUT2D eigenvalue weighted by molar-refractivity contribution is 6.38. The summed E-state index contributed by atoms with van der Waals surface area (Å²) in [5.74, 6) is -0.503. The van der Waals surface area contributed by atoms with Gasteiger partial charge >= 0.3 is 5.97 Å². The third-order valence-electron chi connectivity index (χ3n) is 2.48. The molecule has 100 valence electrons. The highest BCUT2D eigenvalue weighted by Gasteiger charge is 2.17. The number of carbonyl (C=O) groups is 2. The topological polar surface area (TPSA) is 67.8 Å². The molecule has 1 aliphatic rings. The molecular formula is C12H10Cl2N2O3. The molecule has 0 aromatic heterocycles. The van der Waals surface area contributed by atoms with Crippen molar-refractivity contribution < 1.29 is 14.3 Å². The fourth-order valence-corrected chi connectivity index (χ4v) is 2.21. The predicted octanol–water partition coefficient (Wildman–Crippen LogP) is 2.53. The summed E-state index contributed by atoms with van der Waals surface area (Å²) in [7, 11) is 0. The van der Waals surface area contributed by atoms with Crippen molar-refractivity contribution in [1.82, 2.24) is 5.43 Å². The number of amides is 1. The fraction of sp³-hybridized carbons (Fsp3) is 0.250. The number of benzene rings is 1. The second-order valence-corrected chi connectivity index (χ2v) is 4.77. The van der Waals surface area contributed by atoms with Gasteiger partial charge in [-0.05, 0) is 12.1 Å². The summed E-state index contributed by atoms with van der Waals surface area (Å²) < 4.78 is 4.92. The Morgan fingerprint density at radius 1 is 1.32 bits per heavy atom. The summed E-state index contributed by atoms with van der Waals surface area (Å²) in [6, 6.07) is 3.20. The molecule has 1 amide bonds. The maximum atomic E-state index is 11.0. The molecule has 0 saturated carbocycles. The van der Waals surface area contributed by atoms with E-state index < -0.39 is 5.97 Å². The predicted molar refractivity (Wildman–Crippen MR) is 71.7 cm³/mol. The maximum Gasteiger partial charge on any atom is 0.308 e. The number of hydrogen-bond donors (Lipinski definition) is 1. The second-order valence-electron chi connectivity index (χ2n) is 3.96. The van der Waals surface area contributed by atoms with Gasteiger partial charge in [0.1, 0.15) is 0 Å². The highest BCUT2D eigenvalue weighted by Crippen LogP contribution is 2.35. The molecule has 0 radical (unpaired) electrons. The summed E-state index contributed by atoms with van der Waals surface area (Å²) in [4.78, 5) is 22.0. The molecule has 0 atom stereocenters. The van der Waals surface area contributed by atoms with Crippen molar-refractivity contribution >= 4 is 40.8 Å². The summed E-state index contributed by atoms with van der Waals surface area (Å²) in [5.41, 5.74) is 3.76. The van der Waals surface area contributed by atoms with Gasteiger partial charge in [-0.3, -0.25) is 9.59 Å². The number of hydrazone groups is 1. The molecule has 19 heavy (non-hydrogen) atoms. The summed E-state index contributed by atoms with van der Waals surface area (Å²) in [6.07, 6.45) is 0.866. The lowest BCUT2D eigenvalue weighted by atomic mass is 10.0. The fourth-order valence-electron chi connectivity index (χ4n) is 1.65. The number of nitrogens with zero attached hydrogens (tertiary/aromatic N) is 1. The standard InChI is InChI=1S/C12H10Cl2N2O3/c1-6(17)19-12-8(13)4-7(5-9(12)14)10-2-3-11(18)16-15-10/h4-5H,2-3H2,1H3,(H,16,18). The number of rotatable bonds is 2. The molecule has 0 spiro atoms. The summed E-state index contributed by atoms with van der Waals surface area (Å²) in [6.45, 7) is 1.27. The van der Waals surface area contributed by atoms with E-state index >= 15 is 0 Å². The van der Waals surface area contributed by atoms with Gasteiger partial charge in [0.25, 0.3) is 0 Å². The van der Waals surface area contributed by atoms with Crippen LogP contribution in [0, 0.1) is 0 Å². The molecule has 7 heteroatoms. The highest BCUT2D eigenvalue weighted by atomic mass is 35.5. The Hall–Kier alpha value is -1.59. The van der Waals surface area contributed by atoms with Crippen LogP contribution in [0.5, 0.6) is 5.75 Å². The zero-order chi connectivity index (χ0) is 14.0. The van der Waals surface area contributed by atoms with Crippen LogP contribution in [-0.2, 0) is 9.59 Å².